The van der Waals surface area contributed by atoms with Crippen molar-refractivity contribution in [2.45, 2.75) is 39.5 Å². The number of thiophene rings is 1. The number of amides is 1. The van der Waals surface area contributed by atoms with Gasteiger partial charge in [-0.3, -0.25) is 4.79 Å². The SMILES string of the molecule is CCCOC(=O)c1c(NC(=O)c2ccc(-c3ccccc3)cc2)sc2c1CC[C@H](C)C2. The van der Waals surface area contributed by atoms with E-state index in [2.05, 4.69) is 12.2 Å². The molecule has 1 aromatic heterocycles. The van der Waals surface area contributed by atoms with E-state index in [1.165, 1.54) is 16.2 Å². The Hall–Kier alpha value is -2.92. The zero-order valence-electron chi connectivity index (χ0n) is 17.9. The molecule has 1 heterocycles. The molecule has 0 spiro atoms. The lowest BCUT2D eigenvalue weighted by atomic mass is 9.88. The van der Waals surface area contributed by atoms with E-state index in [9.17, 15) is 9.59 Å². The monoisotopic (exact) mass is 433 g/mol. The Morgan fingerprint density at radius 2 is 1.77 bits per heavy atom. The van der Waals surface area contributed by atoms with Crippen LogP contribution in [-0.2, 0) is 17.6 Å². The average Bonchev–Trinajstić information content (AvgIpc) is 3.15. The zero-order chi connectivity index (χ0) is 21.8. The Morgan fingerprint density at radius 3 is 2.48 bits per heavy atom. The van der Waals surface area contributed by atoms with E-state index < -0.39 is 0 Å². The van der Waals surface area contributed by atoms with Crippen LogP contribution in [0.2, 0.25) is 0 Å². The number of hydrogen-bond acceptors (Lipinski definition) is 4. The molecular weight excluding hydrogens is 406 g/mol. The maximum absolute atomic E-state index is 13.0. The van der Waals surface area contributed by atoms with Gasteiger partial charge in [0.2, 0.25) is 0 Å². The number of rotatable bonds is 6. The van der Waals surface area contributed by atoms with Gasteiger partial charge in [0.05, 0.1) is 12.2 Å². The second kappa shape index (κ2) is 9.48. The molecular formula is C26H27NO3S. The summed E-state index contributed by atoms with van der Waals surface area (Å²) < 4.78 is 5.44. The molecule has 0 aliphatic heterocycles. The largest absolute Gasteiger partial charge is 0.462 e. The molecule has 31 heavy (non-hydrogen) atoms. The summed E-state index contributed by atoms with van der Waals surface area (Å²) in [6, 6.07) is 17.6. The molecule has 160 valence electrons. The van der Waals surface area contributed by atoms with Crippen molar-refractivity contribution in [3.05, 3.63) is 76.2 Å². The normalized spacial score (nSPS) is 15.2. The van der Waals surface area contributed by atoms with Crippen molar-refractivity contribution < 1.29 is 14.3 Å². The molecule has 0 unspecified atom stereocenters. The highest BCUT2D eigenvalue weighted by molar-refractivity contribution is 7.17. The summed E-state index contributed by atoms with van der Waals surface area (Å²) in [6.07, 6.45) is 3.61. The van der Waals surface area contributed by atoms with Gasteiger partial charge in [-0.15, -0.1) is 11.3 Å². The van der Waals surface area contributed by atoms with Crippen molar-refractivity contribution in [3.63, 3.8) is 0 Å². The number of carbonyl (C=O) groups excluding carboxylic acids is 2. The average molecular weight is 434 g/mol. The number of benzene rings is 2. The van der Waals surface area contributed by atoms with Gasteiger partial charge in [0, 0.05) is 10.4 Å². The zero-order valence-corrected chi connectivity index (χ0v) is 18.8. The predicted octanol–water partition coefficient (Wildman–Crippen LogP) is 6.36. The van der Waals surface area contributed by atoms with Crippen molar-refractivity contribution in [2.24, 2.45) is 5.92 Å². The van der Waals surface area contributed by atoms with Gasteiger partial charge in [-0.1, -0.05) is 56.3 Å². The highest BCUT2D eigenvalue weighted by Gasteiger charge is 2.29. The van der Waals surface area contributed by atoms with E-state index in [4.69, 9.17) is 4.74 Å². The summed E-state index contributed by atoms with van der Waals surface area (Å²) in [5.41, 5.74) is 4.33. The topological polar surface area (TPSA) is 55.4 Å². The number of esters is 1. The third kappa shape index (κ3) is 4.72. The van der Waals surface area contributed by atoms with Crippen LogP contribution in [0.3, 0.4) is 0 Å². The van der Waals surface area contributed by atoms with Gasteiger partial charge in [0.25, 0.3) is 5.91 Å². The molecule has 0 saturated carbocycles. The highest BCUT2D eigenvalue weighted by Crippen LogP contribution is 2.40. The molecule has 0 radical (unpaired) electrons. The lowest BCUT2D eigenvalue weighted by Gasteiger charge is -2.18. The molecule has 1 atom stereocenters. The fraction of sp³-hybridized carbons (Fsp3) is 0.308. The van der Waals surface area contributed by atoms with Crippen molar-refractivity contribution in [1.29, 1.82) is 0 Å². The third-order valence-corrected chi connectivity index (χ3v) is 6.80. The van der Waals surface area contributed by atoms with Crippen LogP contribution in [0.15, 0.2) is 54.6 Å². The maximum atomic E-state index is 13.0. The van der Waals surface area contributed by atoms with Crippen LogP contribution < -0.4 is 5.32 Å². The summed E-state index contributed by atoms with van der Waals surface area (Å²) in [6.45, 7) is 4.58. The molecule has 0 bridgehead atoms. The van der Waals surface area contributed by atoms with Crippen molar-refractivity contribution in [1.82, 2.24) is 0 Å². The number of nitrogens with one attached hydrogen (secondary N) is 1. The molecule has 1 N–H and O–H groups in total. The number of carbonyl (C=O) groups is 2. The van der Waals surface area contributed by atoms with Gasteiger partial charge in [0.1, 0.15) is 5.00 Å². The smallest absolute Gasteiger partial charge is 0.341 e. The van der Waals surface area contributed by atoms with Crippen molar-refractivity contribution in [3.8, 4) is 11.1 Å². The van der Waals surface area contributed by atoms with E-state index in [-0.39, 0.29) is 11.9 Å². The third-order valence-electron chi connectivity index (χ3n) is 5.63. The first-order chi connectivity index (χ1) is 15.1. The Labute approximate surface area is 187 Å². The van der Waals surface area contributed by atoms with Gasteiger partial charge in [0.15, 0.2) is 0 Å². The summed E-state index contributed by atoms with van der Waals surface area (Å²) in [7, 11) is 0. The Balaban J connectivity index is 1.58. The van der Waals surface area contributed by atoms with Crippen molar-refractivity contribution >= 4 is 28.2 Å². The molecule has 1 aliphatic rings. The van der Waals surface area contributed by atoms with E-state index in [1.54, 1.807) is 0 Å². The van der Waals surface area contributed by atoms with Crippen molar-refractivity contribution in [2.75, 3.05) is 11.9 Å². The highest BCUT2D eigenvalue weighted by atomic mass is 32.1. The Morgan fingerprint density at radius 1 is 1.06 bits per heavy atom. The van der Waals surface area contributed by atoms with Crippen LogP contribution in [0.25, 0.3) is 11.1 Å². The van der Waals surface area contributed by atoms with Crippen LogP contribution >= 0.6 is 11.3 Å². The standard InChI is InChI=1S/C26H27NO3S/c1-3-15-30-26(29)23-21-14-9-17(2)16-22(21)31-25(23)27-24(28)20-12-10-19(11-13-20)18-7-5-4-6-8-18/h4-8,10-13,17H,3,9,14-16H2,1-2H3,(H,27,28)/t17-/m0/s1. The van der Waals surface area contributed by atoms with Gasteiger partial charge in [-0.25, -0.2) is 4.79 Å². The quantitative estimate of drug-likeness (QED) is 0.460. The van der Waals surface area contributed by atoms with Crippen LogP contribution in [-0.4, -0.2) is 18.5 Å². The van der Waals surface area contributed by atoms with Crippen LogP contribution in [0.5, 0.6) is 0 Å². The number of ether oxygens (including phenoxy) is 1. The fourth-order valence-electron chi connectivity index (χ4n) is 3.94. The molecule has 1 aliphatic carbocycles. The van der Waals surface area contributed by atoms with Crippen LogP contribution in [0.1, 0.15) is 57.8 Å². The number of fused-ring (bicyclic) bond motifs is 1. The lowest BCUT2D eigenvalue weighted by molar-refractivity contribution is 0.0505. The molecule has 0 fully saturated rings. The molecule has 1 amide bonds. The Kier molecular flexibility index (Phi) is 6.52. The molecule has 4 nitrogen and oxygen atoms in total. The molecule has 3 aromatic rings. The predicted molar refractivity (Wildman–Crippen MR) is 126 cm³/mol. The summed E-state index contributed by atoms with van der Waals surface area (Å²) in [5.74, 6) is 0.0409. The molecule has 0 saturated heterocycles. The Bertz CT molecular complexity index is 1070. The molecule has 5 heteroatoms. The number of anilines is 1. The van der Waals surface area contributed by atoms with Gasteiger partial charge >= 0.3 is 5.97 Å². The second-order valence-corrected chi connectivity index (χ2v) is 9.19. The minimum Gasteiger partial charge on any atom is -0.462 e. The minimum absolute atomic E-state index is 0.212. The fourth-order valence-corrected chi connectivity index (χ4v) is 5.34. The number of hydrogen-bond donors (Lipinski definition) is 1. The summed E-state index contributed by atoms with van der Waals surface area (Å²) >= 11 is 1.52. The van der Waals surface area contributed by atoms with E-state index in [0.717, 1.165) is 42.4 Å². The van der Waals surface area contributed by atoms with Gasteiger partial charge in [-0.05, 0) is 60.4 Å². The van der Waals surface area contributed by atoms with Crippen LogP contribution in [0.4, 0.5) is 5.00 Å². The van der Waals surface area contributed by atoms with E-state index >= 15 is 0 Å². The first-order valence-electron chi connectivity index (χ1n) is 10.8. The molecule has 2 aromatic carbocycles. The first kappa shape index (κ1) is 21.3. The maximum Gasteiger partial charge on any atom is 0.341 e. The minimum atomic E-state index is -0.330. The van der Waals surface area contributed by atoms with E-state index in [1.807, 2.05) is 61.5 Å². The second-order valence-electron chi connectivity index (χ2n) is 8.09. The van der Waals surface area contributed by atoms with E-state index in [0.29, 0.717) is 28.7 Å². The summed E-state index contributed by atoms with van der Waals surface area (Å²) in [5, 5.41) is 3.60. The van der Waals surface area contributed by atoms with Gasteiger partial charge < -0.3 is 10.1 Å². The van der Waals surface area contributed by atoms with Gasteiger partial charge in [-0.2, -0.15) is 0 Å². The van der Waals surface area contributed by atoms with Crippen LogP contribution in [0, 0.1) is 5.92 Å². The lowest BCUT2D eigenvalue weighted by Crippen LogP contribution is -2.17. The first-order valence-corrected chi connectivity index (χ1v) is 11.7. The molecule has 4 rings (SSSR count). The summed E-state index contributed by atoms with van der Waals surface area (Å²) in [4.78, 5) is 27.0.